The highest BCUT2D eigenvalue weighted by Gasteiger charge is 2.22. The van der Waals surface area contributed by atoms with Gasteiger partial charge in [0.15, 0.2) is 0 Å². The van der Waals surface area contributed by atoms with Crippen molar-refractivity contribution in [3.63, 3.8) is 0 Å². The van der Waals surface area contributed by atoms with Gasteiger partial charge in [-0.1, -0.05) is 35.0 Å². The molecule has 3 N–H and O–H groups in total. The van der Waals surface area contributed by atoms with Crippen molar-refractivity contribution in [3.05, 3.63) is 33.8 Å². The van der Waals surface area contributed by atoms with Gasteiger partial charge in [-0.05, 0) is 18.2 Å². The predicted molar refractivity (Wildman–Crippen MR) is 70.8 cm³/mol. The number of aliphatic imine (C=N–C) groups is 1. The Hall–Kier alpha value is -0.710. The number of hydrogen-bond acceptors (Lipinski definition) is 4. The lowest BCUT2D eigenvalue weighted by atomic mass is 10.2. The van der Waals surface area contributed by atoms with Gasteiger partial charge in [0.25, 0.3) is 0 Å². The molecular weight excluding hydrogens is 265 g/mol. The van der Waals surface area contributed by atoms with Crippen molar-refractivity contribution in [2.45, 2.75) is 11.8 Å². The maximum absolute atomic E-state index is 7.65. The highest BCUT2D eigenvalue weighted by atomic mass is 35.5. The van der Waals surface area contributed by atoms with Gasteiger partial charge in [0.2, 0.25) is 0 Å². The molecule has 16 heavy (non-hydrogen) atoms. The summed E-state index contributed by atoms with van der Waals surface area (Å²) < 4.78 is 0. The Morgan fingerprint density at radius 3 is 2.88 bits per heavy atom. The van der Waals surface area contributed by atoms with Crippen molar-refractivity contribution in [2.24, 2.45) is 10.7 Å². The van der Waals surface area contributed by atoms with Crippen LogP contribution < -0.4 is 5.73 Å². The minimum absolute atomic E-state index is 0.257. The SMILES string of the molecule is N=C1CC(N)=NC(c2cc(Cl)ccc2Cl)S1. The number of rotatable bonds is 1. The van der Waals surface area contributed by atoms with Crippen LogP contribution in [-0.4, -0.2) is 10.9 Å². The Balaban J connectivity index is 2.40. The second-order valence-corrected chi connectivity index (χ2v) is 5.38. The van der Waals surface area contributed by atoms with Crippen LogP contribution in [-0.2, 0) is 0 Å². The number of benzene rings is 1. The standard InChI is InChI=1S/C10H9Cl2N3S/c11-5-1-2-7(12)6(3-5)10-15-8(13)4-9(14)16-10/h1-3,10,14H,4H2,(H2,13,15). The van der Waals surface area contributed by atoms with Gasteiger partial charge in [-0.25, -0.2) is 0 Å². The number of nitrogens with two attached hydrogens (primary N) is 1. The molecule has 1 aromatic rings. The smallest absolute Gasteiger partial charge is 0.129 e. The van der Waals surface area contributed by atoms with Crippen molar-refractivity contribution in [3.8, 4) is 0 Å². The predicted octanol–water partition coefficient (Wildman–Crippen LogP) is 3.46. The fourth-order valence-electron chi connectivity index (χ4n) is 1.40. The van der Waals surface area contributed by atoms with E-state index in [2.05, 4.69) is 4.99 Å². The molecule has 0 fully saturated rings. The van der Waals surface area contributed by atoms with Crippen molar-refractivity contribution >= 4 is 45.8 Å². The quantitative estimate of drug-likeness (QED) is 0.823. The largest absolute Gasteiger partial charge is 0.387 e. The van der Waals surface area contributed by atoms with Crippen LogP contribution in [0, 0.1) is 5.41 Å². The zero-order valence-electron chi connectivity index (χ0n) is 8.21. The third-order valence-corrected chi connectivity index (χ3v) is 3.69. The first kappa shape index (κ1) is 11.8. The van der Waals surface area contributed by atoms with Crippen LogP contribution >= 0.6 is 35.0 Å². The third kappa shape index (κ3) is 2.51. The molecule has 0 spiro atoms. The van der Waals surface area contributed by atoms with Crippen LogP contribution in [0.15, 0.2) is 23.2 Å². The summed E-state index contributed by atoms with van der Waals surface area (Å²) in [5.74, 6) is 0.463. The summed E-state index contributed by atoms with van der Waals surface area (Å²) in [5, 5.41) is 9.08. The number of thioether (sulfide) groups is 1. The van der Waals surface area contributed by atoms with Crippen molar-refractivity contribution in [1.29, 1.82) is 5.41 Å². The summed E-state index contributed by atoms with van der Waals surface area (Å²) in [7, 11) is 0. The lowest BCUT2D eigenvalue weighted by molar-refractivity contribution is 1.02. The second-order valence-electron chi connectivity index (χ2n) is 3.36. The fraction of sp³-hybridized carbons (Fsp3) is 0.200. The summed E-state index contributed by atoms with van der Waals surface area (Å²) in [5.41, 5.74) is 6.46. The van der Waals surface area contributed by atoms with Crippen LogP contribution in [0.5, 0.6) is 0 Å². The van der Waals surface area contributed by atoms with E-state index in [9.17, 15) is 0 Å². The summed E-state index contributed by atoms with van der Waals surface area (Å²) in [4.78, 5) is 4.28. The number of amidine groups is 1. The Labute approximate surface area is 108 Å². The fourth-order valence-corrected chi connectivity index (χ4v) is 2.88. The highest BCUT2D eigenvalue weighted by Crippen LogP contribution is 2.39. The molecule has 0 amide bonds. The van der Waals surface area contributed by atoms with E-state index in [0.29, 0.717) is 27.3 Å². The van der Waals surface area contributed by atoms with Crippen molar-refractivity contribution in [1.82, 2.24) is 0 Å². The van der Waals surface area contributed by atoms with Gasteiger partial charge in [0.1, 0.15) is 11.2 Å². The lowest BCUT2D eigenvalue weighted by Crippen LogP contribution is -2.21. The first-order valence-electron chi connectivity index (χ1n) is 4.57. The summed E-state index contributed by atoms with van der Waals surface area (Å²) in [6, 6.07) is 5.21. The molecule has 0 bridgehead atoms. The Morgan fingerprint density at radius 2 is 2.19 bits per heavy atom. The van der Waals surface area contributed by atoms with E-state index in [1.807, 2.05) is 0 Å². The Morgan fingerprint density at radius 1 is 1.44 bits per heavy atom. The molecule has 1 aliphatic heterocycles. The van der Waals surface area contributed by atoms with E-state index in [1.165, 1.54) is 11.8 Å². The molecule has 1 atom stereocenters. The molecule has 1 heterocycles. The molecule has 0 radical (unpaired) electrons. The van der Waals surface area contributed by atoms with Gasteiger partial charge in [-0.2, -0.15) is 0 Å². The van der Waals surface area contributed by atoms with Gasteiger partial charge in [0.05, 0.1) is 11.5 Å². The Kier molecular flexibility index (Phi) is 3.42. The molecule has 0 aromatic heterocycles. The molecule has 2 rings (SSSR count). The minimum Gasteiger partial charge on any atom is -0.387 e. The highest BCUT2D eigenvalue weighted by molar-refractivity contribution is 8.14. The zero-order valence-corrected chi connectivity index (χ0v) is 10.5. The van der Waals surface area contributed by atoms with Crippen LogP contribution in [0.3, 0.4) is 0 Å². The number of nitrogens with zero attached hydrogens (tertiary/aromatic N) is 1. The first-order valence-corrected chi connectivity index (χ1v) is 6.21. The van der Waals surface area contributed by atoms with Crippen LogP contribution in [0.2, 0.25) is 10.0 Å². The third-order valence-electron chi connectivity index (χ3n) is 2.10. The molecule has 1 aromatic carbocycles. The molecule has 1 aliphatic rings. The molecule has 0 aliphatic carbocycles. The van der Waals surface area contributed by atoms with Crippen LogP contribution in [0.25, 0.3) is 0 Å². The van der Waals surface area contributed by atoms with Crippen molar-refractivity contribution in [2.75, 3.05) is 0 Å². The maximum atomic E-state index is 7.65. The van der Waals surface area contributed by atoms with E-state index in [1.54, 1.807) is 18.2 Å². The second kappa shape index (κ2) is 4.65. The molecule has 84 valence electrons. The summed E-state index contributed by atoms with van der Waals surface area (Å²) in [6.45, 7) is 0. The average Bonchev–Trinajstić information content (AvgIpc) is 2.20. The molecule has 0 saturated heterocycles. The topological polar surface area (TPSA) is 62.2 Å². The monoisotopic (exact) mass is 273 g/mol. The van der Waals surface area contributed by atoms with E-state index >= 15 is 0 Å². The average molecular weight is 274 g/mol. The normalized spacial score (nSPS) is 20.8. The summed E-state index contributed by atoms with van der Waals surface area (Å²) in [6.07, 6.45) is 0.416. The van der Waals surface area contributed by atoms with E-state index in [0.717, 1.165) is 5.56 Å². The maximum Gasteiger partial charge on any atom is 0.129 e. The molecular formula is C10H9Cl2N3S. The van der Waals surface area contributed by atoms with E-state index < -0.39 is 0 Å². The molecule has 3 nitrogen and oxygen atoms in total. The van der Waals surface area contributed by atoms with Gasteiger partial charge in [-0.3, -0.25) is 10.4 Å². The van der Waals surface area contributed by atoms with Gasteiger partial charge >= 0.3 is 0 Å². The van der Waals surface area contributed by atoms with Crippen molar-refractivity contribution < 1.29 is 0 Å². The zero-order chi connectivity index (χ0) is 11.7. The molecule has 1 unspecified atom stereocenters. The number of hydrogen-bond donors (Lipinski definition) is 2. The van der Waals surface area contributed by atoms with Gasteiger partial charge in [-0.15, -0.1) is 0 Å². The first-order chi connectivity index (χ1) is 7.56. The Bertz CT molecular complexity index is 473. The molecule has 6 heteroatoms. The summed E-state index contributed by atoms with van der Waals surface area (Å²) >= 11 is 13.3. The lowest BCUT2D eigenvalue weighted by Gasteiger charge is -2.20. The van der Waals surface area contributed by atoms with Crippen LogP contribution in [0.4, 0.5) is 0 Å². The van der Waals surface area contributed by atoms with Crippen LogP contribution in [0.1, 0.15) is 17.4 Å². The van der Waals surface area contributed by atoms with E-state index in [-0.39, 0.29) is 5.37 Å². The van der Waals surface area contributed by atoms with E-state index in [4.69, 9.17) is 34.3 Å². The number of nitrogens with one attached hydrogen (secondary N) is 1. The molecule has 0 saturated carbocycles. The minimum atomic E-state index is -0.257. The number of halogens is 2. The van der Waals surface area contributed by atoms with Gasteiger partial charge in [0, 0.05) is 15.6 Å². The van der Waals surface area contributed by atoms with Gasteiger partial charge < -0.3 is 5.73 Å².